The summed E-state index contributed by atoms with van der Waals surface area (Å²) in [5, 5.41) is 64.2. The van der Waals surface area contributed by atoms with Crippen LogP contribution in [0.15, 0.2) is 0 Å². The van der Waals surface area contributed by atoms with Gasteiger partial charge in [-0.25, -0.2) is 4.57 Å². The maximum absolute atomic E-state index is 13.0. The Morgan fingerprint density at radius 2 is 0.800 bits per heavy atom. The number of phosphoric ester groups is 1. The van der Waals surface area contributed by atoms with E-state index in [-0.39, 0.29) is 12.3 Å². The second-order valence-electron chi connectivity index (χ2n) is 18.0. The molecule has 0 aromatic rings. The molecule has 9 atom stereocenters. The molecule has 0 radical (unpaired) electrons. The van der Waals surface area contributed by atoms with Gasteiger partial charge in [0.25, 0.3) is 0 Å². The van der Waals surface area contributed by atoms with Gasteiger partial charge < -0.3 is 40.8 Å². The number of nitrogens with one attached hydrogen (secondary N) is 1. The summed E-state index contributed by atoms with van der Waals surface area (Å²) in [6.45, 7) is 3.91. The second kappa shape index (κ2) is 37.7. The van der Waals surface area contributed by atoms with Gasteiger partial charge in [0, 0.05) is 6.42 Å². The zero-order valence-corrected chi connectivity index (χ0v) is 39.2. The molecular formula is C47H94NO11P. The van der Waals surface area contributed by atoms with Gasteiger partial charge in [-0.1, -0.05) is 219 Å². The number of unbranched alkanes of at least 4 members (excludes halogenated alkanes) is 31. The number of hydrogen-bond donors (Lipinski definition) is 8. The Morgan fingerprint density at radius 1 is 0.500 bits per heavy atom. The molecule has 1 fully saturated rings. The van der Waals surface area contributed by atoms with Gasteiger partial charge in [0.2, 0.25) is 5.91 Å². The molecule has 60 heavy (non-hydrogen) atoms. The number of amides is 1. The third-order valence-electron chi connectivity index (χ3n) is 12.4. The molecule has 8 N–H and O–H groups in total. The van der Waals surface area contributed by atoms with Gasteiger partial charge in [-0.3, -0.25) is 13.8 Å². The molecule has 0 bridgehead atoms. The molecule has 1 saturated carbocycles. The van der Waals surface area contributed by atoms with Crippen LogP contribution in [-0.4, -0.2) is 96.8 Å². The highest BCUT2D eigenvalue weighted by atomic mass is 31.2. The predicted octanol–water partition coefficient (Wildman–Crippen LogP) is 9.85. The minimum absolute atomic E-state index is 0.243. The molecule has 1 rings (SSSR count). The van der Waals surface area contributed by atoms with E-state index >= 15 is 0 Å². The van der Waals surface area contributed by atoms with Crippen molar-refractivity contribution in [3.8, 4) is 0 Å². The summed E-state index contributed by atoms with van der Waals surface area (Å²) in [5.41, 5.74) is 0. The largest absolute Gasteiger partial charge is 0.472 e. The number of aliphatic hydroxyl groups excluding tert-OH is 6. The quantitative estimate of drug-likeness (QED) is 0.0214. The molecule has 358 valence electrons. The van der Waals surface area contributed by atoms with Crippen LogP contribution >= 0.6 is 7.82 Å². The lowest BCUT2D eigenvalue weighted by Crippen LogP contribution is -2.64. The average Bonchev–Trinajstić information content (AvgIpc) is 3.23. The van der Waals surface area contributed by atoms with Crippen LogP contribution in [-0.2, 0) is 18.4 Å². The van der Waals surface area contributed by atoms with Crippen molar-refractivity contribution < 1.29 is 53.9 Å². The molecular weight excluding hydrogens is 785 g/mol. The van der Waals surface area contributed by atoms with Crippen LogP contribution in [0.5, 0.6) is 0 Å². The summed E-state index contributed by atoms with van der Waals surface area (Å²) in [5.74, 6) is -0.303. The molecule has 6 unspecified atom stereocenters. The van der Waals surface area contributed by atoms with Gasteiger partial charge >= 0.3 is 7.82 Å². The number of carbonyl (C=O) groups excluding carboxylic acids is 1. The van der Waals surface area contributed by atoms with E-state index in [1.165, 1.54) is 161 Å². The van der Waals surface area contributed by atoms with Gasteiger partial charge in [0.15, 0.2) is 0 Å². The fourth-order valence-corrected chi connectivity index (χ4v) is 9.29. The van der Waals surface area contributed by atoms with E-state index < -0.39 is 63.2 Å². The molecule has 0 heterocycles. The Kier molecular flexibility index (Phi) is 36.0. The molecule has 0 spiro atoms. The van der Waals surface area contributed by atoms with E-state index in [0.717, 1.165) is 38.5 Å². The first-order valence-electron chi connectivity index (χ1n) is 25.0. The van der Waals surface area contributed by atoms with Crippen molar-refractivity contribution in [2.24, 2.45) is 0 Å². The van der Waals surface area contributed by atoms with Crippen LogP contribution in [0, 0.1) is 0 Å². The normalized spacial score (nSPS) is 22.8. The third kappa shape index (κ3) is 28.9. The molecule has 0 aromatic carbocycles. The Hall–Kier alpha value is -0.660. The Balaban J connectivity index is 2.39. The first-order chi connectivity index (χ1) is 28.9. The first kappa shape index (κ1) is 57.4. The predicted molar refractivity (Wildman–Crippen MR) is 242 cm³/mol. The Morgan fingerprint density at radius 3 is 1.15 bits per heavy atom. The van der Waals surface area contributed by atoms with Crippen LogP contribution in [0.4, 0.5) is 0 Å². The Labute approximate surface area is 366 Å². The zero-order chi connectivity index (χ0) is 44.3. The van der Waals surface area contributed by atoms with Gasteiger partial charge in [0.05, 0.1) is 18.8 Å². The summed E-state index contributed by atoms with van der Waals surface area (Å²) in [6.07, 6.45) is 28.5. The van der Waals surface area contributed by atoms with E-state index in [2.05, 4.69) is 19.2 Å². The number of hydrogen-bond acceptors (Lipinski definition) is 10. The summed E-state index contributed by atoms with van der Waals surface area (Å²) in [6, 6.07) is -1.02. The zero-order valence-electron chi connectivity index (χ0n) is 38.3. The standard InChI is InChI=1S/C47H94NO11P/c1-3-5-7-9-11-13-15-17-18-19-20-21-22-23-25-27-29-31-33-35-37-41(50)48-39(40(49)36-34-32-30-28-26-24-16-14-12-10-8-6-4-2)38-58-60(56,57)59-47-45(54)43(52)42(51)44(53)46(47)55/h39-40,42-47,49,51-55H,3-38H2,1-2H3,(H,48,50)(H,56,57)/t39-,40+,42?,43+,44?,45?,46?,47?/m0/s1. The van der Waals surface area contributed by atoms with E-state index in [0.29, 0.717) is 19.3 Å². The molecule has 1 aliphatic carbocycles. The summed E-state index contributed by atoms with van der Waals surface area (Å²) in [7, 11) is -5.05. The molecule has 12 nitrogen and oxygen atoms in total. The molecule has 1 aliphatic rings. The van der Waals surface area contributed by atoms with Crippen molar-refractivity contribution >= 4 is 13.7 Å². The van der Waals surface area contributed by atoms with Crippen molar-refractivity contribution in [3.63, 3.8) is 0 Å². The van der Waals surface area contributed by atoms with Crippen LogP contribution in [0.25, 0.3) is 0 Å². The van der Waals surface area contributed by atoms with Crippen LogP contribution in [0.2, 0.25) is 0 Å². The van der Waals surface area contributed by atoms with E-state index in [9.17, 15) is 44.9 Å². The molecule has 0 aliphatic heterocycles. The van der Waals surface area contributed by atoms with Crippen LogP contribution in [0.3, 0.4) is 0 Å². The lowest BCUT2D eigenvalue weighted by molar-refractivity contribution is -0.220. The molecule has 13 heteroatoms. The highest BCUT2D eigenvalue weighted by Gasteiger charge is 2.51. The van der Waals surface area contributed by atoms with Crippen molar-refractivity contribution in [3.05, 3.63) is 0 Å². The molecule has 0 saturated heterocycles. The van der Waals surface area contributed by atoms with E-state index in [4.69, 9.17) is 9.05 Å². The number of carbonyl (C=O) groups is 1. The van der Waals surface area contributed by atoms with Gasteiger partial charge in [0.1, 0.15) is 36.6 Å². The van der Waals surface area contributed by atoms with Gasteiger partial charge in [-0.15, -0.1) is 0 Å². The second-order valence-corrected chi connectivity index (χ2v) is 19.4. The minimum atomic E-state index is -5.05. The molecule has 0 aromatic heterocycles. The van der Waals surface area contributed by atoms with Gasteiger partial charge in [-0.2, -0.15) is 0 Å². The number of rotatable bonds is 42. The van der Waals surface area contributed by atoms with Crippen molar-refractivity contribution in [1.82, 2.24) is 5.32 Å². The maximum Gasteiger partial charge on any atom is 0.472 e. The van der Waals surface area contributed by atoms with Crippen LogP contribution in [0.1, 0.15) is 239 Å². The van der Waals surface area contributed by atoms with Crippen LogP contribution < -0.4 is 5.32 Å². The maximum atomic E-state index is 13.0. The summed E-state index contributed by atoms with van der Waals surface area (Å²) in [4.78, 5) is 23.4. The third-order valence-corrected chi connectivity index (χ3v) is 13.4. The van der Waals surface area contributed by atoms with Gasteiger partial charge in [-0.05, 0) is 12.8 Å². The fraction of sp³-hybridized carbons (Fsp3) is 0.979. The number of aliphatic hydroxyl groups is 6. The smallest absolute Gasteiger partial charge is 0.391 e. The molecule has 1 amide bonds. The average molecular weight is 880 g/mol. The lowest BCUT2D eigenvalue weighted by atomic mass is 9.85. The highest BCUT2D eigenvalue weighted by Crippen LogP contribution is 2.47. The minimum Gasteiger partial charge on any atom is -0.391 e. The fourth-order valence-electron chi connectivity index (χ4n) is 8.32. The summed E-state index contributed by atoms with van der Waals surface area (Å²) >= 11 is 0. The highest BCUT2D eigenvalue weighted by molar-refractivity contribution is 7.47. The first-order valence-corrected chi connectivity index (χ1v) is 26.5. The summed E-state index contributed by atoms with van der Waals surface area (Å²) < 4.78 is 23.0. The number of phosphoric acid groups is 1. The van der Waals surface area contributed by atoms with Crippen molar-refractivity contribution in [2.75, 3.05) is 6.61 Å². The van der Waals surface area contributed by atoms with Crippen molar-refractivity contribution in [2.45, 2.75) is 287 Å². The lowest BCUT2D eigenvalue weighted by Gasteiger charge is -2.41. The van der Waals surface area contributed by atoms with E-state index in [1.54, 1.807) is 0 Å². The van der Waals surface area contributed by atoms with Crippen molar-refractivity contribution in [1.29, 1.82) is 0 Å². The SMILES string of the molecule is CCCCCCCCCCCCCCCCCCCCCCC(=O)N[C@@H](COP(=O)(O)OC1C(O)C(O)C(O)[C@@H](O)C1O)[C@H](O)CCCCCCCCCCCCCCC. The van der Waals surface area contributed by atoms with E-state index in [1.807, 2.05) is 0 Å². The monoisotopic (exact) mass is 880 g/mol. The Bertz CT molecular complexity index is 1030. The topological polar surface area (TPSA) is 206 Å².